The summed E-state index contributed by atoms with van der Waals surface area (Å²) in [6, 6.07) is 16.6. The Hall–Kier alpha value is -2.73. The van der Waals surface area contributed by atoms with Gasteiger partial charge in [0, 0.05) is 27.6 Å². The zero-order valence-electron chi connectivity index (χ0n) is 12.5. The van der Waals surface area contributed by atoms with Gasteiger partial charge < -0.3 is 10.6 Å². The highest BCUT2D eigenvalue weighted by molar-refractivity contribution is 9.10. The maximum atomic E-state index is 13.2. The van der Waals surface area contributed by atoms with Crippen molar-refractivity contribution in [2.75, 3.05) is 10.6 Å². The van der Waals surface area contributed by atoms with Crippen LogP contribution in [0.4, 0.5) is 21.6 Å². The second-order valence-electron chi connectivity index (χ2n) is 5.03. The first kappa shape index (κ1) is 16.1. The van der Waals surface area contributed by atoms with Gasteiger partial charge in [0.1, 0.15) is 11.6 Å². The van der Waals surface area contributed by atoms with Crippen LogP contribution in [0.2, 0.25) is 0 Å². The number of rotatable bonds is 4. The molecule has 1 heterocycles. The first-order valence-electron chi connectivity index (χ1n) is 7.16. The average molecular weight is 386 g/mol. The van der Waals surface area contributed by atoms with Gasteiger partial charge in [-0.15, -0.1) is 0 Å². The van der Waals surface area contributed by atoms with Crippen molar-refractivity contribution < 1.29 is 9.18 Å². The number of carbonyl (C=O) groups excluding carboxylic acids is 1. The molecular formula is C18H13BrFN3O. The highest BCUT2D eigenvalue weighted by atomic mass is 79.9. The van der Waals surface area contributed by atoms with E-state index < -0.39 is 5.82 Å². The highest BCUT2D eigenvalue weighted by Gasteiger charge is 2.08. The summed E-state index contributed by atoms with van der Waals surface area (Å²) < 4.78 is 14.2. The number of halogens is 2. The summed E-state index contributed by atoms with van der Waals surface area (Å²) in [5, 5.41) is 5.78. The van der Waals surface area contributed by atoms with E-state index in [4.69, 9.17) is 0 Å². The van der Waals surface area contributed by atoms with E-state index in [9.17, 15) is 9.18 Å². The molecule has 0 saturated carbocycles. The topological polar surface area (TPSA) is 54.0 Å². The summed E-state index contributed by atoms with van der Waals surface area (Å²) in [7, 11) is 0. The van der Waals surface area contributed by atoms with Crippen LogP contribution in [-0.4, -0.2) is 10.9 Å². The van der Waals surface area contributed by atoms with E-state index in [0.29, 0.717) is 17.1 Å². The van der Waals surface area contributed by atoms with Gasteiger partial charge in [-0.2, -0.15) is 0 Å². The van der Waals surface area contributed by atoms with Gasteiger partial charge in [0.15, 0.2) is 0 Å². The zero-order valence-corrected chi connectivity index (χ0v) is 14.0. The van der Waals surface area contributed by atoms with Crippen molar-refractivity contribution in [3.05, 3.63) is 82.7 Å². The normalized spacial score (nSPS) is 10.2. The molecule has 24 heavy (non-hydrogen) atoms. The molecule has 0 unspecified atom stereocenters. The number of amides is 1. The fraction of sp³-hybridized carbons (Fsp3) is 0. The largest absolute Gasteiger partial charge is 0.340 e. The molecule has 1 amide bonds. The molecule has 0 saturated heterocycles. The SMILES string of the molecule is O=C(Nc1cccc(F)c1)c1ccnc(Nc2ccc(Br)cc2)c1. The van der Waals surface area contributed by atoms with Crippen LogP contribution in [0.5, 0.6) is 0 Å². The van der Waals surface area contributed by atoms with Crippen molar-refractivity contribution in [2.45, 2.75) is 0 Å². The van der Waals surface area contributed by atoms with Gasteiger partial charge in [0.2, 0.25) is 0 Å². The zero-order chi connectivity index (χ0) is 16.9. The van der Waals surface area contributed by atoms with E-state index in [1.54, 1.807) is 24.4 Å². The third-order valence-electron chi connectivity index (χ3n) is 3.22. The number of hydrogen-bond acceptors (Lipinski definition) is 3. The molecule has 3 aromatic rings. The molecular weight excluding hydrogens is 373 g/mol. The quantitative estimate of drug-likeness (QED) is 0.665. The molecule has 0 aliphatic carbocycles. The molecule has 2 aromatic carbocycles. The number of anilines is 3. The Morgan fingerprint density at radius 2 is 1.79 bits per heavy atom. The van der Waals surface area contributed by atoms with Crippen LogP contribution >= 0.6 is 15.9 Å². The predicted molar refractivity (Wildman–Crippen MR) is 96.0 cm³/mol. The molecule has 0 atom stereocenters. The van der Waals surface area contributed by atoms with E-state index in [0.717, 1.165) is 10.2 Å². The van der Waals surface area contributed by atoms with Crippen molar-refractivity contribution in [2.24, 2.45) is 0 Å². The minimum Gasteiger partial charge on any atom is -0.340 e. The first-order chi connectivity index (χ1) is 11.6. The molecule has 120 valence electrons. The summed E-state index contributed by atoms with van der Waals surface area (Å²) in [6.07, 6.45) is 1.54. The third kappa shape index (κ3) is 4.17. The van der Waals surface area contributed by atoms with Gasteiger partial charge in [0.25, 0.3) is 5.91 Å². The number of hydrogen-bond donors (Lipinski definition) is 2. The molecule has 3 rings (SSSR count). The summed E-state index contributed by atoms with van der Waals surface area (Å²) in [4.78, 5) is 16.5. The van der Waals surface area contributed by atoms with E-state index in [2.05, 4.69) is 31.5 Å². The molecule has 0 fully saturated rings. The Morgan fingerprint density at radius 3 is 2.54 bits per heavy atom. The van der Waals surface area contributed by atoms with Gasteiger partial charge in [-0.1, -0.05) is 22.0 Å². The lowest BCUT2D eigenvalue weighted by Crippen LogP contribution is -2.12. The maximum Gasteiger partial charge on any atom is 0.255 e. The summed E-state index contributed by atoms with van der Waals surface area (Å²) in [5.41, 5.74) is 1.68. The van der Waals surface area contributed by atoms with Crippen LogP contribution in [0.1, 0.15) is 10.4 Å². The van der Waals surface area contributed by atoms with Crippen molar-refractivity contribution in [1.29, 1.82) is 0 Å². The number of nitrogens with one attached hydrogen (secondary N) is 2. The van der Waals surface area contributed by atoms with Crippen LogP contribution in [0.15, 0.2) is 71.3 Å². The first-order valence-corrected chi connectivity index (χ1v) is 7.95. The van der Waals surface area contributed by atoms with Crippen molar-refractivity contribution >= 4 is 39.0 Å². The molecule has 0 bridgehead atoms. The van der Waals surface area contributed by atoms with Crippen LogP contribution in [0.25, 0.3) is 0 Å². The maximum absolute atomic E-state index is 13.2. The van der Waals surface area contributed by atoms with Gasteiger partial charge >= 0.3 is 0 Å². The average Bonchev–Trinajstić information content (AvgIpc) is 2.57. The number of aromatic nitrogens is 1. The lowest BCUT2D eigenvalue weighted by molar-refractivity contribution is 0.102. The van der Waals surface area contributed by atoms with Crippen molar-refractivity contribution in [1.82, 2.24) is 4.98 Å². The van der Waals surface area contributed by atoms with Crippen LogP contribution in [0.3, 0.4) is 0 Å². The lowest BCUT2D eigenvalue weighted by Gasteiger charge is -2.08. The number of carbonyl (C=O) groups is 1. The Kier molecular flexibility index (Phi) is 4.86. The monoisotopic (exact) mass is 385 g/mol. The fourth-order valence-electron chi connectivity index (χ4n) is 2.09. The Balaban J connectivity index is 1.74. The van der Waals surface area contributed by atoms with Gasteiger partial charge in [-0.25, -0.2) is 9.37 Å². The van der Waals surface area contributed by atoms with E-state index >= 15 is 0 Å². The highest BCUT2D eigenvalue weighted by Crippen LogP contribution is 2.19. The third-order valence-corrected chi connectivity index (χ3v) is 3.75. The number of benzene rings is 2. The Bertz CT molecular complexity index is 868. The van der Waals surface area contributed by atoms with Gasteiger partial charge in [-0.3, -0.25) is 4.79 Å². The van der Waals surface area contributed by atoms with Crippen molar-refractivity contribution in [3.8, 4) is 0 Å². The molecule has 0 radical (unpaired) electrons. The Morgan fingerprint density at radius 1 is 1.00 bits per heavy atom. The lowest BCUT2D eigenvalue weighted by atomic mass is 10.2. The molecule has 0 aliphatic heterocycles. The molecule has 0 aliphatic rings. The molecule has 2 N–H and O–H groups in total. The summed E-state index contributed by atoms with van der Waals surface area (Å²) in [6.45, 7) is 0. The van der Waals surface area contributed by atoms with Gasteiger partial charge in [0.05, 0.1) is 0 Å². The summed E-state index contributed by atoms with van der Waals surface area (Å²) >= 11 is 3.38. The molecule has 1 aromatic heterocycles. The second-order valence-corrected chi connectivity index (χ2v) is 5.94. The molecule has 0 spiro atoms. The molecule has 6 heteroatoms. The van der Waals surface area contributed by atoms with E-state index in [1.165, 1.54) is 18.2 Å². The minimum atomic E-state index is -0.403. The van der Waals surface area contributed by atoms with Crippen LogP contribution < -0.4 is 10.6 Å². The Labute approximate surface area is 146 Å². The molecule has 4 nitrogen and oxygen atoms in total. The second kappa shape index (κ2) is 7.23. The summed E-state index contributed by atoms with van der Waals surface area (Å²) in [5.74, 6) is -0.189. The number of nitrogens with zero attached hydrogens (tertiary/aromatic N) is 1. The standard InChI is InChI=1S/C18H13BrFN3O/c19-13-4-6-15(7-5-13)22-17-10-12(8-9-21-17)18(24)23-16-3-1-2-14(20)11-16/h1-11H,(H,21,22)(H,23,24). The van der Waals surface area contributed by atoms with Crippen molar-refractivity contribution in [3.63, 3.8) is 0 Å². The smallest absolute Gasteiger partial charge is 0.255 e. The van der Waals surface area contributed by atoms with E-state index in [1.807, 2.05) is 24.3 Å². The van der Waals surface area contributed by atoms with E-state index in [-0.39, 0.29) is 5.91 Å². The van der Waals surface area contributed by atoms with Crippen LogP contribution in [0, 0.1) is 5.82 Å². The van der Waals surface area contributed by atoms with Crippen LogP contribution in [-0.2, 0) is 0 Å². The number of pyridine rings is 1. The predicted octanol–water partition coefficient (Wildman–Crippen LogP) is 4.98. The fourth-order valence-corrected chi connectivity index (χ4v) is 2.36. The minimum absolute atomic E-state index is 0.332. The van der Waals surface area contributed by atoms with Gasteiger partial charge in [-0.05, 0) is 54.6 Å².